The summed E-state index contributed by atoms with van der Waals surface area (Å²) in [5.41, 5.74) is 2.01. The molecule has 5 nitrogen and oxygen atoms in total. The second kappa shape index (κ2) is 6.80. The van der Waals surface area contributed by atoms with Crippen molar-refractivity contribution in [2.45, 2.75) is 18.0 Å². The van der Waals surface area contributed by atoms with Crippen LogP contribution in [-0.2, 0) is 23.1 Å². The molecule has 0 saturated carbocycles. The lowest BCUT2D eigenvalue weighted by molar-refractivity contribution is 0.520. The Labute approximate surface area is 125 Å². The highest BCUT2D eigenvalue weighted by atomic mass is 32.2. The molecule has 1 aromatic heterocycles. The summed E-state index contributed by atoms with van der Waals surface area (Å²) in [7, 11) is -0.303. The number of rotatable bonds is 6. The predicted molar refractivity (Wildman–Crippen MR) is 82.1 cm³/mol. The van der Waals surface area contributed by atoms with E-state index in [1.165, 1.54) is 18.4 Å². The molecule has 0 aliphatic heterocycles. The molecule has 1 aromatic carbocycles. The molecule has 0 atom stereocenters. The predicted octanol–water partition coefficient (Wildman–Crippen LogP) is 1.62. The first-order valence-corrected chi connectivity index (χ1v) is 8.06. The number of benzene rings is 1. The number of nitrogens with zero attached hydrogens (tertiary/aromatic N) is 2. The van der Waals surface area contributed by atoms with Crippen molar-refractivity contribution in [1.82, 2.24) is 14.6 Å². The third-order valence-corrected chi connectivity index (χ3v) is 4.89. The van der Waals surface area contributed by atoms with Gasteiger partial charge >= 0.3 is 0 Å². The molecule has 0 bridgehead atoms. The van der Waals surface area contributed by atoms with Crippen molar-refractivity contribution >= 4 is 10.0 Å². The Morgan fingerprint density at radius 3 is 2.33 bits per heavy atom. The fourth-order valence-corrected chi connectivity index (χ4v) is 2.73. The minimum absolute atomic E-state index is 0.306. The first-order valence-electron chi connectivity index (χ1n) is 6.62. The second-order valence-corrected chi connectivity index (χ2v) is 7.01. The van der Waals surface area contributed by atoms with Gasteiger partial charge in [0.2, 0.25) is 10.0 Å². The molecule has 6 heteroatoms. The highest BCUT2D eigenvalue weighted by Gasteiger charge is 2.16. The van der Waals surface area contributed by atoms with Crippen molar-refractivity contribution < 1.29 is 8.42 Å². The van der Waals surface area contributed by atoms with Crippen molar-refractivity contribution in [2.24, 2.45) is 0 Å². The van der Waals surface area contributed by atoms with Gasteiger partial charge in [-0.2, -0.15) is 0 Å². The van der Waals surface area contributed by atoms with Crippen molar-refractivity contribution in [3.63, 3.8) is 0 Å². The van der Waals surface area contributed by atoms with Gasteiger partial charge in [-0.05, 0) is 29.8 Å². The minimum atomic E-state index is -3.35. The molecule has 0 unspecified atom stereocenters. The second-order valence-electron chi connectivity index (χ2n) is 4.86. The van der Waals surface area contributed by atoms with Crippen LogP contribution >= 0.6 is 0 Å². The summed E-state index contributed by atoms with van der Waals surface area (Å²) in [5.74, 6) is 0. The highest BCUT2D eigenvalue weighted by Crippen LogP contribution is 2.13. The number of hydrogen-bond acceptors (Lipinski definition) is 4. The molecule has 0 amide bonds. The van der Waals surface area contributed by atoms with E-state index in [9.17, 15) is 8.42 Å². The zero-order valence-electron chi connectivity index (χ0n) is 12.2. The molecule has 2 aromatic rings. The normalized spacial score (nSPS) is 11.8. The van der Waals surface area contributed by atoms with Gasteiger partial charge in [-0.3, -0.25) is 4.98 Å². The van der Waals surface area contributed by atoms with E-state index in [4.69, 9.17) is 0 Å². The van der Waals surface area contributed by atoms with Crippen molar-refractivity contribution in [1.29, 1.82) is 0 Å². The van der Waals surface area contributed by atoms with Crippen molar-refractivity contribution in [3.8, 4) is 0 Å². The van der Waals surface area contributed by atoms with E-state index in [0.29, 0.717) is 18.0 Å². The SMILES string of the molecule is CN(C)S(=O)(=O)c1ccc(CNCc2ccccn2)cc1. The van der Waals surface area contributed by atoms with Crippen LogP contribution in [0.4, 0.5) is 0 Å². The van der Waals surface area contributed by atoms with Gasteiger partial charge in [0.15, 0.2) is 0 Å². The van der Waals surface area contributed by atoms with Crippen LogP contribution < -0.4 is 5.32 Å². The van der Waals surface area contributed by atoms with E-state index < -0.39 is 10.0 Å². The largest absolute Gasteiger partial charge is 0.307 e. The molecule has 21 heavy (non-hydrogen) atoms. The number of nitrogens with one attached hydrogen (secondary N) is 1. The highest BCUT2D eigenvalue weighted by molar-refractivity contribution is 7.89. The van der Waals surface area contributed by atoms with E-state index in [0.717, 1.165) is 11.3 Å². The summed E-state index contributed by atoms with van der Waals surface area (Å²) in [5, 5.41) is 3.28. The maximum Gasteiger partial charge on any atom is 0.242 e. The third-order valence-electron chi connectivity index (χ3n) is 3.06. The van der Waals surface area contributed by atoms with Crippen LogP contribution in [0.3, 0.4) is 0 Å². The maximum atomic E-state index is 11.9. The van der Waals surface area contributed by atoms with Gasteiger partial charge in [0, 0.05) is 33.4 Å². The smallest absolute Gasteiger partial charge is 0.242 e. The maximum absolute atomic E-state index is 11.9. The van der Waals surface area contributed by atoms with Crippen LogP contribution in [-0.4, -0.2) is 31.8 Å². The molecule has 0 aliphatic rings. The Kier molecular flexibility index (Phi) is 5.06. The van der Waals surface area contributed by atoms with Crippen LogP contribution in [0.5, 0.6) is 0 Å². The Balaban J connectivity index is 1.94. The van der Waals surface area contributed by atoms with Crippen LogP contribution in [0, 0.1) is 0 Å². The fourth-order valence-electron chi connectivity index (χ4n) is 1.83. The Morgan fingerprint density at radius 2 is 1.76 bits per heavy atom. The molecule has 112 valence electrons. The summed E-state index contributed by atoms with van der Waals surface area (Å²) in [6.45, 7) is 1.34. The van der Waals surface area contributed by atoms with E-state index >= 15 is 0 Å². The van der Waals surface area contributed by atoms with Gasteiger partial charge in [0.25, 0.3) is 0 Å². The Hall–Kier alpha value is -1.76. The molecule has 0 aliphatic carbocycles. The van der Waals surface area contributed by atoms with Crippen molar-refractivity contribution in [2.75, 3.05) is 14.1 Å². The molecular weight excluding hydrogens is 286 g/mol. The summed E-state index contributed by atoms with van der Waals surface area (Å²) >= 11 is 0. The zero-order chi connectivity index (χ0) is 15.3. The number of pyridine rings is 1. The van der Waals surface area contributed by atoms with Crippen LogP contribution in [0.25, 0.3) is 0 Å². The number of aromatic nitrogens is 1. The first-order chi connectivity index (χ1) is 10.00. The van der Waals surface area contributed by atoms with Crippen LogP contribution in [0.1, 0.15) is 11.3 Å². The monoisotopic (exact) mass is 305 g/mol. The molecule has 0 radical (unpaired) electrons. The molecule has 0 saturated heterocycles. The molecular formula is C15H19N3O2S. The van der Waals surface area contributed by atoms with Gasteiger partial charge in [0.1, 0.15) is 0 Å². The van der Waals surface area contributed by atoms with Crippen LogP contribution in [0.15, 0.2) is 53.6 Å². The van der Waals surface area contributed by atoms with Gasteiger partial charge in [-0.25, -0.2) is 12.7 Å². The average molecular weight is 305 g/mol. The van der Waals surface area contributed by atoms with Gasteiger partial charge in [0.05, 0.1) is 10.6 Å². The van der Waals surface area contributed by atoms with E-state index in [2.05, 4.69) is 10.3 Å². The molecule has 1 heterocycles. The third kappa shape index (κ3) is 4.10. The lowest BCUT2D eigenvalue weighted by atomic mass is 10.2. The Bertz CT molecular complexity index is 668. The quantitative estimate of drug-likeness (QED) is 0.881. The first kappa shape index (κ1) is 15.6. The summed E-state index contributed by atoms with van der Waals surface area (Å²) < 4.78 is 25.1. The topological polar surface area (TPSA) is 62.3 Å². The van der Waals surface area contributed by atoms with E-state index in [1.807, 2.05) is 30.3 Å². The molecule has 1 N–H and O–H groups in total. The fraction of sp³-hybridized carbons (Fsp3) is 0.267. The minimum Gasteiger partial charge on any atom is -0.307 e. The molecule has 0 spiro atoms. The number of sulfonamides is 1. The Morgan fingerprint density at radius 1 is 1.05 bits per heavy atom. The summed E-state index contributed by atoms with van der Waals surface area (Å²) in [6.07, 6.45) is 1.76. The number of hydrogen-bond donors (Lipinski definition) is 1. The lowest BCUT2D eigenvalue weighted by Gasteiger charge is -2.11. The molecule has 0 fully saturated rings. The van der Waals surface area contributed by atoms with Gasteiger partial charge < -0.3 is 5.32 Å². The summed E-state index contributed by atoms with van der Waals surface area (Å²) in [4.78, 5) is 4.53. The molecule has 2 rings (SSSR count). The lowest BCUT2D eigenvalue weighted by Crippen LogP contribution is -2.22. The van der Waals surface area contributed by atoms with Gasteiger partial charge in [-0.1, -0.05) is 18.2 Å². The van der Waals surface area contributed by atoms with E-state index in [1.54, 1.807) is 18.3 Å². The van der Waals surface area contributed by atoms with E-state index in [-0.39, 0.29) is 0 Å². The average Bonchev–Trinajstić information content (AvgIpc) is 2.49. The zero-order valence-corrected chi connectivity index (χ0v) is 13.0. The van der Waals surface area contributed by atoms with Crippen LogP contribution in [0.2, 0.25) is 0 Å². The standard InChI is InChI=1S/C15H19N3O2S/c1-18(2)21(19,20)15-8-6-13(7-9-15)11-16-12-14-5-3-4-10-17-14/h3-10,16H,11-12H2,1-2H3. The van der Waals surface area contributed by atoms with Crippen molar-refractivity contribution in [3.05, 3.63) is 59.9 Å². The van der Waals surface area contributed by atoms with Gasteiger partial charge in [-0.15, -0.1) is 0 Å². The summed E-state index contributed by atoms with van der Waals surface area (Å²) in [6, 6.07) is 12.7.